The monoisotopic (exact) mass is 413 g/mol. The van der Waals surface area contributed by atoms with Gasteiger partial charge in [0.1, 0.15) is 5.76 Å². The molecule has 0 bridgehead atoms. The van der Waals surface area contributed by atoms with Crippen molar-refractivity contribution in [3.05, 3.63) is 58.7 Å². The third-order valence-electron chi connectivity index (χ3n) is 4.83. The fraction of sp³-hybridized carbons (Fsp3) is 0.273. The molecule has 1 aliphatic heterocycles. The van der Waals surface area contributed by atoms with E-state index in [1.165, 1.54) is 39.6 Å². The summed E-state index contributed by atoms with van der Waals surface area (Å²) in [6, 6.07) is 6.92. The Balaban J connectivity index is 2.12. The fourth-order valence-corrected chi connectivity index (χ4v) is 3.37. The van der Waals surface area contributed by atoms with Crippen LogP contribution in [0.5, 0.6) is 17.2 Å². The zero-order chi connectivity index (χ0) is 21.8. The number of methoxy groups -OCH3 is 4. The molecule has 0 aliphatic carbocycles. The second-order valence-corrected chi connectivity index (χ2v) is 6.40. The molecular formula is C22H23NO7. The molecule has 0 saturated heterocycles. The molecule has 0 spiro atoms. The van der Waals surface area contributed by atoms with E-state index in [0.29, 0.717) is 34.3 Å². The quantitative estimate of drug-likeness (QED) is 0.509. The molecule has 2 heterocycles. The molecule has 30 heavy (non-hydrogen) atoms. The van der Waals surface area contributed by atoms with Crippen LogP contribution >= 0.6 is 0 Å². The van der Waals surface area contributed by atoms with Gasteiger partial charge in [-0.15, -0.1) is 0 Å². The largest absolute Gasteiger partial charge is 0.493 e. The van der Waals surface area contributed by atoms with Crippen LogP contribution in [0.25, 0.3) is 6.08 Å². The highest BCUT2D eigenvalue weighted by Crippen LogP contribution is 2.42. The van der Waals surface area contributed by atoms with Crippen molar-refractivity contribution < 1.29 is 33.0 Å². The minimum absolute atomic E-state index is 0.186. The highest BCUT2D eigenvalue weighted by atomic mass is 16.5. The molecular weight excluding hydrogens is 390 g/mol. The van der Waals surface area contributed by atoms with Gasteiger partial charge in [-0.1, -0.05) is 0 Å². The minimum atomic E-state index is -0.603. The fourth-order valence-electron chi connectivity index (χ4n) is 3.37. The number of amides is 1. The molecule has 1 amide bonds. The predicted molar refractivity (Wildman–Crippen MR) is 108 cm³/mol. The lowest BCUT2D eigenvalue weighted by molar-refractivity contribution is -0.136. The first-order chi connectivity index (χ1) is 14.5. The molecule has 0 unspecified atom stereocenters. The van der Waals surface area contributed by atoms with Gasteiger partial charge in [0.05, 0.1) is 52.4 Å². The lowest BCUT2D eigenvalue weighted by Gasteiger charge is -2.16. The SMILES string of the molecule is COC(=O)C1=C(C)N(Cc2ccco2)C(=O)/C1=C\c1ccc(OC)c(OC)c1OC. The average Bonchev–Trinajstić information content (AvgIpc) is 3.35. The number of esters is 1. The van der Waals surface area contributed by atoms with Crippen molar-refractivity contribution in [2.75, 3.05) is 28.4 Å². The molecule has 1 aromatic heterocycles. The summed E-state index contributed by atoms with van der Waals surface area (Å²) >= 11 is 0. The first-order valence-electron chi connectivity index (χ1n) is 9.11. The number of hydrogen-bond donors (Lipinski definition) is 0. The van der Waals surface area contributed by atoms with Gasteiger partial charge in [-0.3, -0.25) is 4.79 Å². The summed E-state index contributed by atoms with van der Waals surface area (Å²) in [6.45, 7) is 1.89. The molecule has 3 rings (SSSR count). The lowest BCUT2D eigenvalue weighted by Crippen LogP contribution is -2.24. The smallest absolute Gasteiger partial charge is 0.340 e. The Kier molecular flexibility index (Phi) is 6.15. The number of carbonyl (C=O) groups is 2. The van der Waals surface area contributed by atoms with Gasteiger partial charge in [0.25, 0.3) is 5.91 Å². The van der Waals surface area contributed by atoms with Crippen LogP contribution in [0.15, 0.2) is 51.8 Å². The van der Waals surface area contributed by atoms with E-state index in [-0.39, 0.29) is 23.6 Å². The molecule has 1 aliphatic rings. The van der Waals surface area contributed by atoms with E-state index < -0.39 is 5.97 Å². The number of allylic oxidation sites excluding steroid dienone is 1. The second-order valence-electron chi connectivity index (χ2n) is 6.40. The Hall–Kier alpha value is -3.68. The molecule has 0 atom stereocenters. The van der Waals surface area contributed by atoms with Crippen molar-refractivity contribution >= 4 is 18.0 Å². The maximum Gasteiger partial charge on any atom is 0.340 e. The zero-order valence-corrected chi connectivity index (χ0v) is 17.5. The van der Waals surface area contributed by atoms with Crippen molar-refractivity contribution in [2.45, 2.75) is 13.5 Å². The summed E-state index contributed by atoms with van der Waals surface area (Å²) in [7, 11) is 5.77. The van der Waals surface area contributed by atoms with Crippen LogP contribution in [-0.2, 0) is 20.9 Å². The molecule has 0 saturated carbocycles. The minimum Gasteiger partial charge on any atom is -0.493 e. The maximum atomic E-state index is 13.2. The van der Waals surface area contributed by atoms with Crippen LogP contribution < -0.4 is 14.2 Å². The molecule has 2 aromatic rings. The topological polar surface area (TPSA) is 87.4 Å². The van der Waals surface area contributed by atoms with Crippen LogP contribution in [-0.4, -0.2) is 45.2 Å². The normalized spacial score (nSPS) is 15.0. The van der Waals surface area contributed by atoms with Gasteiger partial charge in [-0.05, 0) is 37.3 Å². The summed E-state index contributed by atoms with van der Waals surface area (Å²) in [6.07, 6.45) is 3.11. The summed E-state index contributed by atoms with van der Waals surface area (Å²) in [5.41, 5.74) is 1.41. The predicted octanol–water partition coefficient (Wildman–Crippen LogP) is 3.18. The molecule has 0 fully saturated rings. The Morgan fingerprint density at radius 2 is 1.80 bits per heavy atom. The third kappa shape index (κ3) is 3.63. The van der Waals surface area contributed by atoms with E-state index in [4.69, 9.17) is 23.4 Å². The van der Waals surface area contributed by atoms with E-state index in [9.17, 15) is 9.59 Å². The summed E-state index contributed by atoms with van der Waals surface area (Å²) in [4.78, 5) is 27.2. The van der Waals surface area contributed by atoms with Gasteiger partial charge < -0.3 is 28.3 Å². The molecule has 158 valence electrons. The van der Waals surface area contributed by atoms with E-state index in [0.717, 1.165) is 0 Å². The highest BCUT2D eigenvalue weighted by molar-refractivity contribution is 6.16. The van der Waals surface area contributed by atoms with Crippen LogP contribution in [0.3, 0.4) is 0 Å². The summed E-state index contributed by atoms with van der Waals surface area (Å²) in [5.74, 6) is 0.885. The summed E-state index contributed by atoms with van der Waals surface area (Å²) in [5, 5.41) is 0. The number of carbonyl (C=O) groups excluding carboxylic acids is 2. The van der Waals surface area contributed by atoms with Gasteiger partial charge in [0.2, 0.25) is 5.75 Å². The number of hydrogen-bond acceptors (Lipinski definition) is 7. The molecule has 0 N–H and O–H groups in total. The van der Waals surface area contributed by atoms with Crippen LogP contribution in [0, 0.1) is 0 Å². The number of furan rings is 1. The molecule has 0 radical (unpaired) electrons. The van der Waals surface area contributed by atoms with E-state index in [1.54, 1.807) is 37.3 Å². The third-order valence-corrected chi connectivity index (χ3v) is 4.83. The Morgan fingerprint density at radius 1 is 1.07 bits per heavy atom. The van der Waals surface area contributed by atoms with Crippen LogP contribution in [0.1, 0.15) is 18.2 Å². The number of nitrogens with zero attached hydrogens (tertiary/aromatic N) is 1. The Morgan fingerprint density at radius 3 is 2.37 bits per heavy atom. The molecule has 8 heteroatoms. The highest BCUT2D eigenvalue weighted by Gasteiger charge is 2.37. The number of benzene rings is 1. The lowest BCUT2D eigenvalue weighted by atomic mass is 10.0. The zero-order valence-electron chi connectivity index (χ0n) is 17.5. The van der Waals surface area contributed by atoms with E-state index in [1.807, 2.05) is 0 Å². The van der Waals surface area contributed by atoms with Crippen molar-refractivity contribution in [1.29, 1.82) is 0 Å². The first kappa shape index (κ1) is 21.0. The van der Waals surface area contributed by atoms with Gasteiger partial charge in [0, 0.05) is 11.3 Å². The number of ether oxygens (including phenoxy) is 4. The maximum absolute atomic E-state index is 13.2. The Bertz CT molecular complexity index is 1020. The van der Waals surface area contributed by atoms with Crippen molar-refractivity contribution in [3.8, 4) is 17.2 Å². The average molecular weight is 413 g/mol. The molecule has 1 aromatic carbocycles. The van der Waals surface area contributed by atoms with Crippen molar-refractivity contribution in [3.63, 3.8) is 0 Å². The van der Waals surface area contributed by atoms with Crippen molar-refractivity contribution in [2.24, 2.45) is 0 Å². The van der Waals surface area contributed by atoms with Crippen molar-refractivity contribution in [1.82, 2.24) is 4.90 Å². The van der Waals surface area contributed by atoms with E-state index >= 15 is 0 Å². The van der Waals surface area contributed by atoms with E-state index in [2.05, 4.69) is 0 Å². The van der Waals surface area contributed by atoms with Gasteiger partial charge in [-0.2, -0.15) is 0 Å². The van der Waals surface area contributed by atoms with Gasteiger partial charge in [-0.25, -0.2) is 4.79 Å². The van der Waals surface area contributed by atoms with Crippen LogP contribution in [0.2, 0.25) is 0 Å². The second kappa shape index (κ2) is 8.77. The standard InChI is InChI=1S/C22H23NO7/c1-13-18(22(25)29-5)16(21(24)23(13)12-15-7-6-10-30-15)11-14-8-9-17(26-2)20(28-4)19(14)27-3/h6-11H,12H2,1-5H3/b16-11-. The van der Waals surface area contributed by atoms with Gasteiger partial charge >= 0.3 is 5.97 Å². The van der Waals surface area contributed by atoms with Crippen LogP contribution in [0.4, 0.5) is 0 Å². The first-order valence-corrected chi connectivity index (χ1v) is 9.11. The summed E-state index contributed by atoms with van der Waals surface area (Å²) < 4.78 is 26.5. The number of rotatable bonds is 7. The van der Waals surface area contributed by atoms with Gasteiger partial charge in [0.15, 0.2) is 11.5 Å². The Labute approximate surface area is 174 Å². The molecule has 8 nitrogen and oxygen atoms in total.